The summed E-state index contributed by atoms with van der Waals surface area (Å²) in [5.41, 5.74) is 5.63. The zero-order valence-electron chi connectivity index (χ0n) is 11.8. The number of carbonyl (C=O) groups is 1. The number of nitrogens with two attached hydrogens (primary N) is 1. The number of sulfone groups is 1. The molecular formula is C13H25ClN2O3S. The quantitative estimate of drug-likeness (QED) is 0.821. The van der Waals surface area contributed by atoms with Gasteiger partial charge in [-0.15, -0.1) is 12.4 Å². The minimum absolute atomic E-state index is 0. The van der Waals surface area contributed by atoms with E-state index in [9.17, 15) is 13.2 Å². The lowest BCUT2D eigenvalue weighted by molar-refractivity contribution is -0.131. The van der Waals surface area contributed by atoms with Crippen molar-refractivity contribution in [3.05, 3.63) is 0 Å². The van der Waals surface area contributed by atoms with Gasteiger partial charge in [0.15, 0.2) is 9.84 Å². The Morgan fingerprint density at radius 2 is 1.80 bits per heavy atom. The molecule has 118 valence electrons. The van der Waals surface area contributed by atoms with E-state index in [1.165, 1.54) is 0 Å². The second-order valence-electron chi connectivity index (χ2n) is 5.64. The molecular weight excluding hydrogens is 300 g/mol. The van der Waals surface area contributed by atoms with E-state index in [0.717, 1.165) is 45.1 Å². The van der Waals surface area contributed by atoms with Crippen LogP contribution in [0.25, 0.3) is 0 Å². The molecule has 1 aliphatic carbocycles. The zero-order chi connectivity index (χ0) is 13.9. The van der Waals surface area contributed by atoms with Gasteiger partial charge < -0.3 is 10.6 Å². The molecule has 0 aromatic heterocycles. The highest BCUT2D eigenvalue weighted by atomic mass is 35.5. The fourth-order valence-corrected chi connectivity index (χ4v) is 5.04. The van der Waals surface area contributed by atoms with Gasteiger partial charge in [-0.3, -0.25) is 4.79 Å². The maximum Gasteiger partial charge on any atom is 0.223 e. The Labute approximate surface area is 127 Å². The van der Waals surface area contributed by atoms with Crippen LogP contribution >= 0.6 is 12.4 Å². The van der Waals surface area contributed by atoms with Crippen LogP contribution in [0.3, 0.4) is 0 Å². The van der Waals surface area contributed by atoms with Crippen molar-refractivity contribution in [1.82, 2.24) is 4.90 Å². The van der Waals surface area contributed by atoms with Crippen LogP contribution in [0.5, 0.6) is 0 Å². The third-order valence-electron chi connectivity index (χ3n) is 4.38. The highest BCUT2D eigenvalue weighted by Crippen LogP contribution is 2.26. The SMILES string of the molecule is Cl.NCC1CCCN1C(=O)CCS(=O)(=O)C1CCCC1. The number of rotatable bonds is 5. The van der Waals surface area contributed by atoms with Crippen molar-refractivity contribution < 1.29 is 13.2 Å². The number of hydrogen-bond donors (Lipinski definition) is 1. The normalized spacial score (nSPS) is 23.9. The molecule has 2 N–H and O–H groups in total. The zero-order valence-corrected chi connectivity index (χ0v) is 13.4. The molecule has 2 aliphatic rings. The number of amides is 1. The summed E-state index contributed by atoms with van der Waals surface area (Å²) < 4.78 is 24.2. The standard InChI is InChI=1S/C13H24N2O3S.ClH/c14-10-11-4-3-8-15(11)13(16)7-9-19(17,18)12-5-1-2-6-12;/h11-12H,1-10,14H2;1H. The van der Waals surface area contributed by atoms with Crippen molar-refractivity contribution in [1.29, 1.82) is 0 Å². The Bertz CT molecular complexity index is 421. The predicted octanol–water partition coefficient (Wildman–Crippen LogP) is 1.11. The first-order valence-corrected chi connectivity index (χ1v) is 8.97. The minimum atomic E-state index is -3.09. The summed E-state index contributed by atoms with van der Waals surface area (Å²) in [7, 11) is -3.09. The molecule has 0 spiro atoms. The van der Waals surface area contributed by atoms with Gasteiger partial charge in [0.05, 0.1) is 11.0 Å². The maximum atomic E-state index is 12.1. The van der Waals surface area contributed by atoms with E-state index in [2.05, 4.69) is 0 Å². The van der Waals surface area contributed by atoms with Crippen LogP contribution in [-0.4, -0.2) is 49.4 Å². The van der Waals surface area contributed by atoms with E-state index < -0.39 is 9.84 Å². The number of carbonyl (C=O) groups excluding carboxylic acids is 1. The lowest BCUT2D eigenvalue weighted by Gasteiger charge is -2.23. The van der Waals surface area contributed by atoms with Gasteiger partial charge in [0.25, 0.3) is 0 Å². The average molecular weight is 325 g/mol. The maximum absolute atomic E-state index is 12.1. The highest BCUT2D eigenvalue weighted by molar-refractivity contribution is 7.92. The van der Waals surface area contributed by atoms with Gasteiger partial charge in [-0.25, -0.2) is 8.42 Å². The summed E-state index contributed by atoms with van der Waals surface area (Å²) in [4.78, 5) is 13.9. The van der Waals surface area contributed by atoms with Crippen LogP contribution in [-0.2, 0) is 14.6 Å². The number of halogens is 1. The highest BCUT2D eigenvalue weighted by Gasteiger charge is 2.31. The van der Waals surface area contributed by atoms with Crippen molar-refractivity contribution in [2.45, 2.75) is 56.2 Å². The molecule has 1 amide bonds. The monoisotopic (exact) mass is 324 g/mol. The summed E-state index contributed by atoms with van der Waals surface area (Å²) >= 11 is 0. The number of hydrogen-bond acceptors (Lipinski definition) is 4. The van der Waals surface area contributed by atoms with Crippen molar-refractivity contribution in [3.8, 4) is 0 Å². The van der Waals surface area contributed by atoms with Crippen LogP contribution < -0.4 is 5.73 Å². The Kier molecular flexibility index (Phi) is 6.75. The third-order valence-corrected chi connectivity index (χ3v) is 6.64. The molecule has 1 atom stereocenters. The van der Waals surface area contributed by atoms with Crippen molar-refractivity contribution in [3.63, 3.8) is 0 Å². The van der Waals surface area contributed by atoms with Crippen molar-refractivity contribution >= 4 is 28.2 Å². The summed E-state index contributed by atoms with van der Waals surface area (Å²) in [6, 6.07) is 0.113. The Morgan fingerprint density at radius 3 is 2.40 bits per heavy atom. The molecule has 7 heteroatoms. The number of nitrogens with zero attached hydrogens (tertiary/aromatic N) is 1. The van der Waals surface area contributed by atoms with Gasteiger partial charge in [0.2, 0.25) is 5.91 Å². The van der Waals surface area contributed by atoms with Crippen LogP contribution in [0, 0.1) is 0 Å². The summed E-state index contributed by atoms with van der Waals surface area (Å²) in [5.74, 6) is -0.0425. The Morgan fingerprint density at radius 1 is 1.15 bits per heavy atom. The van der Waals surface area contributed by atoms with E-state index >= 15 is 0 Å². The molecule has 2 fully saturated rings. The summed E-state index contributed by atoms with van der Waals surface area (Å²) in [6.45, 7) is 1.20. The van der Waals surface area contributed by atoms with Gasteiger partial charge in [-0.1, -0.05) is 12.8 Å². The van der Waals surface area contributed by atoms with E-state index in [-0.39, 0.29) is 41.8 Å². The lowest BCUT2D eigenvalue weighted by atomic mass is 10.2. The number of likely N-dealkylation sites (tertiary alicyclic amines) is 1. The topological polar surface area (TPSA) is 80.5 Å². The van der Waals surface area contributed by atoms with E-state index in [1.54, 1.807) is 4.90 Å². The molecule has 0 bridgehead atoms. The fourth-order valence-electron chi connectivity index (χ4n) is 3.20. The van der Waals surface area contributed by atoms with Crippen molar-refractivity contribution in [2.24, 2.45) is 5.73 Å². The molecule has 1 saturated heterocycles. The summed E-state index contributed by atoms with van der Waals surface area (Å²) in [6.07, 6.45) is 5.58. The molecule has 5 nitrogen and oxygen atoms in total. The summed E-state index contributed by atoms with van der Waals surface area (Å²) in [5, 5.41) is -0.204. The first-order valence-electron chi connectivity index (χ1n) is 7.25. The van der Waals surface area contributed by atoms with Gasteiger partial charge in [0.1, 0.15) is 0 Å². The molecule has 1 unspecified atom stereocenters. The minimum Gasteiger partial charge on any atom is -0.338 e. The third kappa shape index (κ3) is 4.09. The molecule has 1 saturated carbocycles. The molecule has 1 heterocycles. The molecule has 2 rings (SSSR count). The Balaban J connectivity index is 0.00000200. The van der Waals surface area contributed by atoms with E-state index in [1.807, 2.05) is 0 Å². The molecule has 0 aromatic rings. The second-order valence-corrected chi connectivity index (χ2v) is 8.04. The fraction of sp³-hybridized carbons (Fsp3) is 0.923. The molecule has 0 aromatic carbocycles. The van der Waals surface area contributed by atoms with Crippen LogP contribution in [0.4, 0.5) is 0 Å². The van der Waals surface area contributed by atoms with E-state index in [4.69, 9.17) is 5.73 Å². The van der Waals surface area contributed by atoms with E-state index in [0.29, 0.717) is 6.54 Å². The lowest BCUT2D eigenvalue weighted by Crippen LogP contribution is -2.40. The van der Waals surface area contributed by atoms with Crippen molar-refractivity contribution in [2.75, 3.05) is 18.8 Å². The van der Waals surface area contributed by atoms with Crippen LogP contribution in [0.1, 0.15) is 44.9 Å². The average Bonchev–Trinajstić information content (AvgIpc) is 3.06. The molecule has 1 aliphatic heterocycles. The Hall–Kier alpha value is -0.330. The van der Waals surface area contributed by atoms with Crippen LogP contribution in [0.15, 0.2) is 0 Å². The smallest absolute Gasteiger partial charge is 0.223 e. The van der Waals surface area contributed by atoms with Gasteiger partial charge in [-0.05, 0) is 25.7 Å². The van der Waals surface area contributed by atoms with Gasteiger partial charge in [0, 0.05) is 25.6 Å². The first-order chi connectivity index (χ1) is 9.04. The van der Waals surface area contributed by atoms with Crippen LogP contribution in [0.2, 0.25) is 0 Å². The molecule has 0 radical (unpaired) electrons. The largest absolute Gasteiger partial charge is 0.338 e. The predicted molar refractivity (Wildman–Crippen MR) is 81.7 cm³/mol. The van der Waals surface area contributed by atoms with Gasteiger partial charge in [-0.2, -0.15) is 0 Å². The second kappa shape index (κ2) is 7.61. The first kappa shape index (κ1) is 17.7. The molecule has 20 heavy (non-hydrogen) atoms. The van der Waals surface area contributed by atoms with Gasteiger partial charge >= 0.3 is 0 Å².